The van der Waals surface area contributed by atoms with Crippen LogP contribution in [0.2, 0.25) is 0 Å². The predicted octanol–water partition coefficient (Wildman–Crippen LogP) is 2.96. The molecule has 1 heterocycles. The molecule has 0 saturated heterocycles. The van der Waals surface area contributed by atoms with Gasteiger partial charge in [0.25, 0.3) is 0 Å². The summed E-state index contributed by atoms with van der Waals surface area (Å²) < 4.78 is 0. The third-order valence-electron chi connectivity index (χ3n) is 3.98. The quantitative estimate of drug-likeness (QED) is 0.794. The van der Waals surface area contributed by atoms with Gasteiger partial charge in [0.05, 0.1) is 0 Å². The average molecular weight is 272 g/mol. The van der Waals surface area contributed by atoms with Crippen LogP contribution in [0.5, 0.6) is 0 Å². The fourth-order valence-electron chi connectivity index (χ4n) is 2.27. The molecule has 0 aliphatic carbocycles. The molecule has 4 nitrogen and oxygen atoms in total. The first-order chi connectivity index (χ1) is 9.63. The van der Waals surface area contributed by atoms with Crippen LogP contribution in [0.15, 0.2) is 30.6 Å². The Hall–Kier alpha value is -1.81. The Morgan fingerprint density at radius 2 is 2.10 bits per heavy atom. The van der Waals surface area contributed by atoms with E-state index in [1.54, 1.807) is 6.20 Å². The molecular weight excluding hydrogens is 248 g/mol. The first-order valence-corrected chi connectivity index (χ1v) is 7.19. The molecule has 3 N–H and O–H groups in total. The molecule has 2 rings (SSSR count). The molecule has 0 radical (unpaired) electrons. The molecule has 0 aliphatic rings. The van der Waals surface area contributed by atoms with E-state index in [0.717, 1.165) is 35.2 Å². The highest BCUT2D eigenvalue weighted by Gasteiger charge is 2.07. The lowest BCUT2D eigenvalue weighted by molar-refractivity contribution is 0.261. The molecule has 1 atom stereocenters. The lowest BCUT2D eigenvalue weighted by Crippen LogP contribution is -2.32. The summed E-state index contributed by atoms with van der Waals surface area (Å²) in [5.74, 6) is 0. The highest BCUT2D eigenvalue weighted by molar-refractivity contribution is 6.00. The van der Waals surface area contributed by atoms with E-state index in [9.17, 15) is 0 Å². The van der Waals surface area contributed by atoms with Crippen LogP contribution in [0, 0.1) is 0 Å². The second kappa shape index (κ2) is 6.57. The van der Waals surface area contributed by atoms with Gasteiger partial charge in [-0.25, -0.2) is 0 Å². The van der Waals surface area contributed by atoms with Gasteiger partial charge in [0.2, 0.25) is 0 Å². The van der Waals surface area contributed by atoms with Gasteiger partial charge in [-0.1, -0.05) is 6.92 Å². The summed E-state index contributed by atoms with van der Waals surface area (Å²) in [7, 11) is 2.17. The Labute approximate surface area is 121 Å². The van der Waals surface area contributed by atoms with Crippen LogP contribution < -0.4 is 11.1 Å². The number of nitrogens with two attached hydrogens (primary N) is 1. The van der Waals surface area contributed by atoms with E-state index in [1.165, 1.54) is 6.42 Å². The molecule has 0 fully saturated rings. The molecule has 4 heteroatoms. The SMILES string of the molecule is CCC(C)N(C)CCNc1ccc(N)c2ccncc12. The van der Waals surface area contributed by atoms with Crippen molar-refractivity contribution in [3.8, 4) is 0 Å². The number of pyridine rings is 1. The number of rotatable bonds is 6. The summed E-state index contributed by atoms with van der Waals surface area (Å²) in [6.45, 7) is 6.40. The first-order valence-electron chi connectivity index (χ1n) is 7.19. The van der Waals surface area contributed by atoms with E-state index in [4.69, 9.17) is 5.73 Å². The fraction of sp³-hybridized carbons (Fsp3) is 0.438. The van der Waals surface area contributed by atoms with E-state index < -0.39 is 0 Å². The van der Waals surface area contributed by atoms with Crippen LogP contribution in [-0.2, 0) is 0 Å². The molecule has 20 heavy (non-hydrogen) atoms. The normalized spacial score (nSPS) is 12.8. The monoisotopic (exact) mass is 272 g/mol. The average Bonchev–Trinajstić information content (AvgIpc) is 2.49. The fourth-order valence-corrected chi connectivity index (χ4v) is 2.27. The molecule has 0 bridgehead atoms. The van der Waals surface area contributed by atoms with Gasteiger partial charge < -0.3 is 16.0 Å². The number of fused-ring (bicyclic) bond motifs is 1. The van der Waals surface area contributed by atoms with E-state index in [0.29, 0.717) is 6.04 Å². The van der Waals surface area contributed by atoms with Crippen molar-refractivity contribution in [1.29, 1.82) is 0 Å². The van der Waals surface area contributed by atoms with Crippen molar-refractivity contribution >= 4 is 22.1 Å². The van der Waals surface area contributed by atoms with Crippen molar-refractivity contribution in [1.82, 2.24) is 9.88 Å². The Morgan fingerprint density at radius 3 is 2.85 bits per heavy atom. The molecule has 0 saturated carbocycles. The molecule has 0 amide bonds. The lowest BCUT2D eigenvalue weighted by Gasteiger charge is -2.23. The Balaban J connectivity index is 2.06. The maximum Gasteiger partial charge on any atom is 0.0437 e. The Kier molecular flexibility index (Phi) is 4.79. The summed E-state index contributed by atoms with van der Waals surface area (Å²) in [5.41, 5.74) is 7.89. The largest absolute Gasteiger partial charge is 0.398 e. The van der Waals surface area contributed by atoms with Crippen LogP contribution in [0.3, 0.4) is 0 Å². The maximum absolute atomic E-state index is 6.00. The molecule has 0 spiro atoms. The highest BCUT2D eigenvalue weighted by Crippen LogP contribution is 2.27. The van der Waals surface area contributed by atoms with E-state index in [1.807, 2.05) is 24.4 Å². The summed E-state index contributed by atoms with van der Waals surface area (Å²) >= 11 is 0. The highest BCUT2D eigenvalue weighted by atomic mass is 15.1. The van der Waals surface area contributed by atoms with Gasteiger partial charge in [0, 0.05) is 53.7 Å². The third-order valence-corrected chi connectivity index (χ3v) is 3.98. The van der Waals surface area contributed by atoms with Gasteiger partial charge in [-0.3, -0.25) is 4.98 Å². The van der Waals surface area contributed by atoms with Crippen molar-refractivity contribution in [3.05, 3.63) is 30.6 Å². The molecule has 108 valence electrons. The summed E-state index contributed by atoms with van der Waals surface area (Å²) in [6.07, 6.45) is 4.82. The Morgan fingerprint density at radius 1 is 1.30 bits per heavy atom. The summed E-state index contributed by atoms with van der Waals surface area (Å²) in [6, 6.07) is 6.55. The summed E-state index contributed by atoms with van der Waals surface area (Å²) in [4.78, 5) is 6.56. The smallest absolute Gasteiger partial charge is 0.0437 e. The predicted molar refractivity (Wildman–Crippen MR) is 87.0 cm³/mol. The minimum absolute atomic E-state index is 0.613. The van der Waals surface area contributed by atoms with Gasteiger partial charge in [-0.05, 0) is 38.6 Å². The van der Waals surface area contributed by atoms with Gasteiger partial charge >= 0.3 is 0 Å². The molecule has 1 unspecified atom stereocenters. The number of anilines is 2. The zero-order valence-corrected chi connectivity index (χ0v) is 12.6. The van der Waals surface area contributed by atoms with Crippen LogP contribution >= 0.6 is 0 Å². The lowest BCUT2D eigenvalue weighted by atomic mass is 10.1. The number of nitrogens with one attached hydrogen (secondary N) is 1. The molecule has 1 aromatic carbocycles. The zero-order chi connectivity index (χ0) is 14.5. The minimum Gasteiger partial charge on any atom is -0.398 e. The number of likely N-dealkylation sites (N-methyl/N-ethyl adjacent to an activating group) is 1. The van der Waals surface area contributed by atoms with Gasteiger partial charge in [-0.2, -0.15) is 0 Å². The topological polar surface area (TPSA) is 54.2 Å². The molecule has 2 aromatic rings. The van der Waals surface area contributed by atoms with Crippen molar-refractivity contribution in [2.24, 2.45) is 0 Å². The van der Waals surface area contributed by atoms with Crippen LogP contribution in [0.4, 0.5) is 11.4 Å². The summed E-state index contributed by atoms with van der Waals surface area (Å²) in [5, 5.41) is 5.63. The van der Waals surface area contributed by atoms with Crippen LogP contribution in [-0.4, -0.2) is 36.1 Å². The number of benzene rings is 1. The number of nitrogen functional groups attached to an aromatic ring is 1. The molecule has 0 aliphatic heterocycles. The third kappa shape index (κ3) is 3.20. The van der Waals surface area contributed by atoms with Crippen molar-refractivity contribution in [2.45, 2.75) is 26.3 Å². The number of nitrogens with zero attached hydrogens (tertiary/aromatic N) is 2. The second-order valence-corrected chi connectivity index (χ2v) is 5.29. The van der Waals surface area contributed by atoms with Crippen molar-refractivity contribution in [2.75, 3.05) is 31.2 Å². The number of hydrogen-bond donors (Lipinski definition) is 2. The van der Waals surface area contributed by atoms with Gasteiger partial charge in [-0.15, -0.1) is 0 Å². The Bertz CT molecular complexity index is 567. The van der Waals surface area contributed by atoms with Crippen LogP contribution in [0.1, 0.15) is 20.3 Å². The minimum atomic E-state index is 0.613. The van der Waals surface area contributed by atoms with Crippen molar-refractivity contribution in [3.63, 3.8) is 0 Å². The standard InChI is InChI=1S/C16H24N4/c1-4-12(2)20(3)10-9-19-16-6-5-15(17)13-7-8-18-11-14(13)16/h5-8,11-12,19H,4,9-10,17H2,1-3H3. The van der Waals surface area contributed by atoms with E-state index in [-0.39, 0.29) is 0 Å². The second-order valence-electron chi connectivity index (χ2n) is 5.29. The van der Waals surface area contributed by atoms with Gasteiger partial charge in [0.15, 0.2) is 0 Å². The van der Waals surface area contributed by atoms with E-state index in [2.05, 4.69) is 36.1 Å². The maximum atomic E-state index is 6.00. The number of hydrogen-bond acceptors (Lipinski definition) is 4. The van der Waals surface area contributed by atoms with Crippen LogP contribution in [0.25, 0.3) is 10.8 Å². The van der Waals surface area contributed by atoms with E-state index >= 15 is 0 Å². The molecule has 1 aromatic heterocycles. The molecular formula is C16H24N4. The first kappa shape index (κ1) is 14.6. The van der Waals surface area contributed by atoms with Gasteiger partial charge in [0.1, 0.15) is 0 Å². The zero-order valence-electron chi connectivity index (χ0n) is 12.6. The number of aromatic nitrogens is 1. The van der Waals surface area contributed by atoms with Crippen molar-refractivity contribution < 1.29 is 0 Å².